The second-order valence-electron chi connectivity index (χ2n) is 4.40. The third kappa shape index (κ3) is 2.56. The van der Waals surface area contributed by atoms with E-state index in [9.17, 15) is 9.90 Å². The Morgan fingerprint density at radius 2 is 2.39 bits per heavy atom. The number of phenolic OH excluding ortho intramolecular Hbond substituents is 1. The number of para-hydroxylation sites is 1. The molecular formula is C13H18N2O2S. The molecule has 18 heavy (non-hydrogen) atoms. The fourth-order valence-corrected chi connectivity index (χ4v) is 3.24. The molecule has 1 saturated heterocycles. The van der Waals surface area contributed by atoms with Crippen LogP contribution in [0.25, 0.3) is 0 Å². The van der Waals surface area contributed by atoms with Crippen molar-refractivity contribution < 1.29 is 9.90 Å². The van der Waals surface area contributed by atoms with E-state index in [0.29, 0.717) is 10.8 Å². The van der Waals surface area contributed by atoms with Gasteiger partial charge in [-0.2, -0.15) is 11.8 Å². The Morgan fingerprint density at radius 3 is 3.11 bits per heavy atom. The van der Waals surface area contributed by atoms with Crippen LogP contribution >= 0.6 is 11.8 Å². The molecule has 1 aliphatic rings. The highest BCUT2D eigenvalue weighted by Crippen LogP contribution is 2.28. The zero-order valence-corrected chi connectivity index (χ0v) is 11.2. The van der Waals surface area contributed by atoms with Gasteiger partial charge in [-0.1, -0.05) is 13.0 Å². The van der Waals surface area contributed by atoms with Crippen LogP contribution in [0.5, 0.6) is 5.75 Å². The highest BCUT2D eigenvalue weighted by molar-refractivity contribution is 8.00. The number of anilines is 1. The normalized spacial score (nSPS) is 19.8. The fourth-order valence-electron chi connectivity index (χ4n) is 2.06. The van der Waals surface area contributed by atoms with Gasteiger partial charge in [0.1, 0.15) is 0 Å². The molecule has 1 amide bonds. The van der Waals surface area contributed by atoms with E-state index in [-0.39, 0.29) is 17.3 Å². The summed E-state index contributed by atoms with van der Waals surface area (Å²) >= 11 is 1.91. The number of carbonyl (C=O) groups excluding carboxylic acids is 1. The van der Waals surface area contributed by atoms with E-state index in [1.807, 2.05) is 11.8 Å². The summed E-state index contributed by atoms with van der Waals surface area (Å²) in [5.74, 6) is 0.722. The molecule has 4 nitrogen and oxygen atoms in total. The summed E-state index contributed by atoms with van der Waals surface area (Å²) in [6.07, 6.45) is 1.05. The molecule has 0 spiro atoms. The number of hydrogen-bond donors (Lipinski definition) is 2. The van der Waals surface area contributed by atoms with E-state index in [0.717, 1.165) is 25.3 Å². The zero-order valence-electron chi connectivity index (χ0n) is 10.4. The minimum absolute atomic E-state index is 0.103. The number of thioether (sulfide) groups is 1. The van der Waals surface area contributed by atoms with Crippen molar-refractivity contribution >= 4 is 23.4 Å². The maximum atomic E-state index is 12.3. The molecule has 0 aliphatic carbocycles. The molecule has 3 N–H and O–H groups in total. The lowest BCUT2D eigenvalue weighted by atomic mass is 10.1. The summed E-state index contributed by atoms with van der Waals surface area (Å²) in [6.45, 7) is 3.60. The summed E-state index contributed by atoms with van der Waals surface area (Å²) < 4.78 is 0. The number of nitrogen functional groups attached to an aromatic ring is 1. The van der Waals surface area contributed by atoms with Crippen molar-refractivity contribution in [2.24, 2.45) is 0 Å². The number of benzene rings is 1. The molecule has 1 atom stereocenters. The number of phenols is 1. The lowest BCUT2D eigenvalue weighted by Crippen LogP contribution is -2.41. The Labute approximate surface area is 111 Å². The lowest BCUT2D eigenvalue weighted by Gasteiger charge is -2.32. The predicted molar refractivity (Wildman–Crippen MR) is 75.0 cm³/mol. The van der Waals surface area contributed by atoms with Gasteiger partial charge in [-0.25, -0.2) is 0 Å². The molecule has 0 saturated carbocycles. The van der Waals surface area contributed by atoms with Crippen molar-refractivity contribution in [3.63, 3.8) is 0 Å². The number of amides is 1. The van der Waals surface area contributed by atoms with Crippen molar-refractivity contribution in [2.45, 2.75) is 18.6 Å². The molecular weight excluding hydrogens is 248 g/mol. The molecule has 1 fully saturated rings. The third-order valence-corrected chi connectivity index (χ3v) is 4.55. The molecule has 1 unspecified atom stereocenters. The Hall–Kier alpha value is -1.36. The van der Waals surface area contributed by atoms with Gasteiger partial charge in [-0.15, -0.1) is 0 Å². The van der Waals surface area contributed by atoms with Gasteiger partial charge in [0.2, 0.25) is 0 Å². The first-order valence-corrected chi connectivity index (χ1v) is 7.16. The maximum absolute atomic E-state index is 12.3. The number of nitrogens with zero attached hydrogens (tertiary/aromatic N) is 1. The van der Waals surface area contributed by atoms with Gasteiger partial charge in [-0.3, -0.25) is 4.79 Å². The monoisotopic (exact) mass is 266 g/mol. The molecule has 0 bridgehead atoms. The van der Waals surface area contributed by atoms with Crippen molar-refractivity contribution in [3.8, 4) is 5.75 Å². The van der Waals surface area contributed by atoms with Gasteiger partial charge in [0.25, 0.3) is 5.91 Å². The zero-order chi connectivity index (χ0) is 13.1. The Bertz CT molecular complexity index is 451. The first kappa shape index (κ1) is 13.1. The Morgan fingerprint density at radius 1 is 1.61 bits per heavy atom. The van der Waals surface area contributed by atoms with Crippen LogP contribution in [-0.2, 0) is 0 Å². The van der Waals surface area contributed by atoms with E-state index in [1.165, 1.54) is 0 Å². The van der Waals surface area contributed by atoms with Crippen LogP contribution in [0, 0.1) is 0 Å². The Kier molecular flexibility index (Phi) is 4.01. The summed E-state index contributed by atoms with van der Waals surface area (Å²) in [7, 11) is 0. The summed E-state index contributed by atoms with van der Waals surface area (Å²) in [4.78, 5) is 14.1. The summed E-state index contributed by atoms with van der Waals surface area (Å²) in [5, 5.41) is 10.3. The van der Waals surface area contributed by atoms with Gasteiger partial charge in [0, 0.05) is 24.1 Å². The number of hydrogen-bond acceptors (Lipinski definition) is 4. The van der Waals surface area contributed by atoms with Crippen LogP contribution in [0.15, 0.2) is 18.2 Å². The van der Waals surface area contributed by atoms with Crippen molar-refractivity contribution in [2.75, 3.05) is 24.6 Å². The quantitative estimate of drug-likeness (QED) is 0.634. The average Bonchev–Trinajstić information content (AvgIpc) is 2.41. The third-order valence-electron chi connectivity index (χ3n) is 3.18. The minimum Gasteiger partial charge on any atom is -0.505 e. The molecule has 5 heteroatoms. The number of nitrogens with two attached hydrogens (primary N) is 1. The number of carbonyl (C=O) groups is 1. The molecule has 1 aliphatic heterocycles. The van der Waals surface area contributed by atoms with Crippen molar-refractivity contribution in [3.05, 3.63) is 23.8 Å². The van der Waals surface area contributed by atoms with E-state index >= 15 is 0 Å². The number of rotatable bonds is 2. The topological polar surface area (TPSA) is 66.6 Å². The first-order valence-electron chi connectivity index (χ1n) is 6.11. The van der Waals surface area contributed by atoms with Crippen LogP contribution in [0.2, 0.25) is 0 Å². The SMILES string of the molecule is CCC1CN(C(=O)c2cccc(N)c2O)CCS1. The molecule has 2 rings (SSSR count). The van der Waals surface area contributed by atoms with E-state index in [1.54, 1.807) is 23.1 Å². The van der Waals surface area contributed by atoms with E-state index < -0.39 is 0 Å². The largest absolute Gasteiger partial charge is 0.505 e. The summed E-state index contributed by atoms with van der Waals surface area (Å²) in [6, 6.07) is 4.90. The molecule has 98 valence electrons. The molecule has 1 heterocycles. The highest BCUT2D eigenvalue weighted by atomic mass is 32.2. The molecule has 1 aromatic rings. The Balaban J connectivity index is 2.18. The van der Waals surface area contributed by atoms with Crippen LogP contribution < -0.4 is 5.73 Å². The second-order valence-corrected chi connectivity index (χ2v) is 5.80. The van der Waals surface area contributed by atoms with Gasteiger partial charge in [0.15, 0.2) is 5.75 Å². The molecule has 0 aromatic heterocycles. The van der Waals surface area contributed by atoms with Gasteiger partial charge in [0.05, 0.1) is 11.3 Å². The van der Waals surface area contributed by atoms with Gasteiger partial charge in [-0.05, 0) is 18.6 Å². The lowest BCUT2D eigenvalue weighted by molar-refractivity contribution is 0.0758. The molecule has 1 aromatic carbocycles. The fraction of sp³-hybridized carbons (Fsp3) is 0.462. The highest BCUT2D eigenvalue weighted by Gasteiger charge is 2.25. The van der Waals surface area contributed by atoms with Gasteiger partial charge >= 0.3 is 0 Å². The van der Waals surface area contributed by atoms with Crippen LogP contribution in [0.3, 0.4) is 0 Å². The second kappa shape index (κ2) is 5.52. The van der Waals surface area contributed by atoms with Crippen LogP contribution in [0.1, 0.15) is 23.7 Å². The minimum atomic E-state index is -0.126. The van der Waals surface area contributed by atoms with E-state index in [4.69, 9.17) is 5.73 Å². The summed E-state index contributed by atoms with van der Waals surface area (Å²) in [5.41, 5.74) is 6.17. The van der Waals surface area contributed by atoms with Crippen molar-refractivity contribution in [1.82, 2.24) is 4.90 Å². The van der Waals surface area contributed by atoms with E-state index in [2.05, 4.69) is 6.92 Å². The predicted octanol–water partition coefficient (Wildman–Crippen LogP) is 1.94. The maximum Gasteiger partial charge on any atom is 0.257 e. The molecule has 0 radical (unpaired) electrons. The smallest absolute Gasteiger partial charge is 0.257 e. The van der Waals surface area contributed by atoms with Crippen LogP contribution in [0.4, 0.5) is 5.69 Å². The first-order chi connectivity index (χ1) is 8.63. The van der Waals surface area contributed by atoms with Crippen molar-refractivity contribution in [1.29, 1.82) is 0 Å². The van der Waals surface area contributed by atoms with Gasteiger partial charge < -0.3 is 15.7 Å². The average molecular weight is 266 g/mol. The standard InChI is InChI=1S/C13H18N2O2S/c1-2-9-8-15(6-7-18-9)13(17)10-4-3-5-11(14)12(10)16/h3-5,9,16H,2,6-8,14H2,1H3. The van der Waals surface area contributed by atoms with Crippen LogP contribution in [-0.4, -0.2) is 40.0 Å². The number of aromatic hydroxyl groups is 1.